The Hall–Kier alpha value is -2.96. The zero-order valence-corrected chi connectivity index (χ0v) is 36.9. The van der Waals surface area contributed by atoms with Crippen molar-refractivity contribution in [3.05, 3.63) is 85.1 Å². The summed E-state index contributed by atoms with van der Waals surface area (Å²) < 4.78 is 5.84. The maximum atomic E-state index is 13.1. The van der Waals surface area contributed by atoms with Crippen LogP contribution in [0.5, 0.6) is 0 Å². The molecule has 0 radical (unpaired) electrons. The lowest BCUT2D eigenvalue weighted by atomic mass is 10.0. The van der Waals surface area contributed by atoms with E-state index in [0.717, 1.165) is 51.4 Å². The molecule has 3 N–H and O–H groups in total. The first kappa shape index (κ1) is 54.0. The van der Waals surface area contributed by atoms with Crippen LogP contribution in [0.3, 0.4) is 0 Å². The van der Waals surface area contributed by atoms with Gasteiger partial charge >= 0.3 is 5.97 Å². The number of amides is 1. The van der Waals surface area contributed by atoms with Gasteiger partial charge in [0.2, 0.25) is 5.91 Å². The smallest absolute Gasteiger partial charge is 0.306 e. The van der Waals surface area contributed by atoms with Crippen LogP contribution in [0.4, 0.5) is 0 Å². The van der Waals surface area contributed by atoms with Gasteiger partial charge in [0.1, 0.15) is 6.10 Å². The van der Waals surface area contributed by atoms with E-state index in [0.29, 0.717) is 19.3 Å². The molecule has 57 heavy (non-hydrogen) atoms. The number of aliphatic hydroxyl groups is 2. The molecule has 326 valence electrons. The Balaban J connectivity index is 4.82. The molecule has 6 nitrogen and oxygen atoms in total. The van der Waals surface area contributed by atoms with Crippen molar-refractivity contribution < 1.29 is 24.5 Å². The van der Waals surface area contributed by atoms with Gasteiger partial charge in [-0.05, 0) is 57.8 Å². The summed E-state index contributed by atoms with van der Waals surface area (Å²) in [4.78, 5) is 26.0. The van der Waals surface area contributed by atoms with Gasteiger partial charge < -0.3 is 20.3 Å². The summed E-state index contributed by atoms with van der Waals surface area (Å²) >= 11 is 0. The van der Waals surface area contributed by atoms with E-state index in [-0.39, 0.29) is 31.3 Å². The molecule has 6 heteroatoms. The van der Waals surface area contributed by atoms with E-state index in [9.17, 15) is 19.8 Å². The number of esters is 1. The fourth-order valence-electron chi connectivity index (χ4n) is 6.57. The Kier molecular flexibility index (Phi) is 41.9. The Bertz CT molecular complexity index is 1120. The van der Waals surface area contributed by atoms with Crippen LogP contribution < -0.4 is 5.32 Å². The largest absolute Gasteiger partial charge is 0.462 e. The first-order chi connectivity index (χ1) is 28.0. The third-order valence-corrected chi connectivity index (χ3v) is 10.1. The number of allylic oxidation sites excluding steroid dienone is 14. The van der Waals surface area contributed by atoms with Gasteiger partial charge in [0.15, 0.2) is 0 Å². The third-order valence-electron chi connectivity index (χ3n) is 10.1. The molecule has 0 aliphatic carbocycles. The zero-order valence-electron chi connectivity index (χ0n) is 36.9. The number of carbonyl (C=O) groups excluding carboxylic acids is 2. The maximum absolute atomic E-state index is 13.1. The van der Waals surface area contributed by atoms with Crippen LogP contribution in [-0.2, 0) is 14.3 Å². The summed E-state index contributed by atoms with van der Waals surface area (Å²) in [6, 6.07) is -0.733. The lowest BCUT2D eigenvalue weighted by Gasteiger charge is -2.24. The second-order valence-electron chi connectivity index (χ2n) is 15.6. The average Bonchev–Trinajstić information content (AvgIpc) is 3.20. The molecule has 0 spiro atoms. The van der Waals surface area contributed by atoms with Gasteiger partial charge in [0.25, 0.3) is 0 Å². The van der Waals surface area contributed by atoms with E-state index in [1.54, 1.807) is 0 Å². The van der Waals surface area contributed by atoms with Crippen molar-refractivity contribution >= 4 is 11.9 Å². The fraction of sp³-hybridized carbons (Fsp3) is 0.686. The molecule has 3 unspecified atom stereocenters. The SMILES string of the molecule is CC/C=C/C=C/C=C\C=C/C=C/CCCC(=O)OC(CCC/C=C/C=C/CCCCCCCCC)CC(=O)NC(CO)C(O)CCCCCCCCCCCCC. The summed E-state index contributed by atoms with van der Waals surface area (Å²) in [5.41, 5.74) is 0. The highest BCUT2D eigenvalue weighted by Crippen LogP contribution is 2.16. The summed E-state index contributed by atoms with van der Waals surface area (Å²) in [6.07, 6.45) is 56.5. The average molecular weight is 794 g/mol. The molecular formula is C51H87NO5. The van der Waals surface area contributed by atoms with Crippen LogP contribution in [0.15, 0.2) is 85.1 Å². The number of hydrogen-bond acceptors (Lipinski definition) is 5. The van der Waals surface area contributed by atoms with Crippen molar-refractivity contribution in [3.8, 4) is 0 Å². The highest BCUT2D eigenvalue weighted by Gasteiger charge is 2.23. The minimum Gasteiger partial charge on any atom is -0.462 e. The molecule has 0 aromatic heterocycles. The standard InChI is InChI=1S/C51H87NO5/c1-4-7-10-13-16-19-22-24-26-28-30-33-36-39-42-47(57-51(56)44-41-38-35-32-29-25-23-20-17-14-11-8-5-2)45-50(55)52-48(46-53)49(54)43-40-37-34-31-27-21-18-15-12-9-6-3/h8,11,14,17,20,23,25-26,28-30,32-33,35,47-49,53-54H,4-7,9-10,12-13,15-16,18-19,21-22,24,27,31,34,36-46H2,1-3H3,(H,52,55)/b11-8+,17-14+,23-20-,28-26+,29-25-,33-30+,35-32+. The van der Waals surface area contributed by atoms with Crippen LogP contribution in [0.2, 0.25) is 0 Å². The monoisotopic (exact) mass is 794 g/mol. The van der Waals surface area contributed by atoms with E-state index >= 15 is 0 Å². The van der Waals surface area contributed by atoms with Gasteiger partial charge in [-0.1, -0.05) is 215 Å². The van der Waals surface area contributed by atoms with Gasteiger partial charge in [-0.25, -0.2) is 0 Å². The van der Waals surface area contributed by atoms with Gasteiger partial charge in [-0.2, -0.15) is 0 Å². The summed E-state index contributed by atoms with van der Waals surface area (Å²) in [5.74, 6) is -0.618. The Morgan fingerprint density at radius 3 is 1.49 bits per heavy atom. The maximum Gasteiger partial charge on any atom is 0.306 e. The van der Waals surface area contributed by atoms with E-state index in [4.69, 9.17) is 4.74 Å². The Morgan fingerprint density at radius 2 is 0.965 bits per heavy atom. The molecule has 0 aromatic rings. The van der Waals surface area contributed by atoms with Crippen molar-refractivity contribution in [3.63, 3.8) is 0 Å². The van der Waals surface area contributed by atoms with Crippen molar-refractivity contribution in [2.75, 3.05) is 6.61 Å². The number of nitrogens with one attached hydrogen (secondary N) is 1. The third kappa shape index (κ3) is 39.6. The first-order valence-corrected chi connectivity index (χ1v) is 23.4. The zero-order chi connectivity index (χ0) is 41.7. The molecule has 0 aliphatic heterocycles. The molecule has 0 saturated carbocycles. The highest BCUT2D eigenvalue weighted by atomic mass is 16.5. The number of hydrogen-bond donors (Lipinski definition) is 3. The molecule has 3 atom stereocenters. The predicted octanol–water partition coefficient (Wildman–Crippen LogP) is 13.6. The van der Waals surface area contributed by atoms with E-state index in [1.807, 2.05) is 54.7 Å². The van der Waals surface area contributed by atoms with E-state index in [2.05, 4.69) is 56.5 Å². The van der Waals surface area contributed by atoms with Crippen LogP contribution >= 0.6 is 0 Å². The molecule has 0 heterocycles. The molecule has 0 aliphatic rings. The Morgan fingerprint density at radius 1 is 0.526 bits per heavy atom. The number of aliphatic hydroxyl groups excluding tert-OH is 2. The number of ether oxygens (including phenoxy) is 1. The topological polar surface area (TPSA) is 95.9 Å². The predicted molar refractivity (Wildman–Crippen MR) is 245 cm³/mol. The second-order valence-corrected chi connectivity index (χ2v) is 15.6. The molecular weight excluding hydrogens is 707 g/mol. The normalized spacial score (nSPS) is 14.1. The number of rotatable bonds is 40. The summed E-state index contributed by atoms with van der Waals surface area (Å²) in [6.45, 7) is 6.27. The Labute approximate surface area is 351 Å². The molecule has 0 rings (SSSR count). The summed E-state index contributed by atoms with van der Waals surface area (Å²) in [5, 5.41) is 23.6. The lowest BCUT2D eigenvalue weighted by molar-refractivity contribution is -0.151. The minimum absolute atomic E-state index is 0.0117. The molecule has 1 amide bonds. The number of unbranched alkanes of at least 4 members (excludes halogenated alkanes) is 19. The van der Waals surface area contributed by atoms with Gasteiger partial charge in [0, 0.05) is 6.42 Å². The minimum atomic E-state index is -0.814. The van der Waals surface area contributed by atoms with Crippen molar-refractivity contribution in [1.29, 1.82) is 0 Å². The first-order valence-electron chi connectivity index (χ1n) is 23.4. The van der Waals surface area contributed by atoms with E-state index in [1.165, 1.54) is 96.3 Å². The number of carbonyl (C=O) groups is 2. The fourth-order valence-corrected chi connectivity index (χ4v) is 6.57. The van der Waals surface area contributed by atoms with Gasteiger partial charge in [-0.15, -0.1) is 0 Å². The van der Waals surface area contributed by atoms with Crippen LogP contribution in [-0.4, -0.2) is 46.9 Å². The molecule has 0 aromatic carbocycles. The molecule has 0 saturated heterocycles. The van der Waals surface area contributed by atoms with Gasteiger partial charge in [0.05, 0.1) is 25.2 Å². The van der Waals surface area contributed by atoms with Crippen molar-refractivity contribution in [2.45, 2.75) is 219 Å². The van der Waals surface area contributed by atoms with Crippen LogP contribution in [0.25, 0.3) is 0 Å². The van der Waals surface area contributed by atoms with E-state index < -0.39 is 18.2 Å². The van der Waals surface area contributed by atoms with Crippen LogP contribution in [0.1, 0.15) is 201 Å². The summed E-state index contributed by atoms with van der Waals surface area (Å²) in [7, 11) is 0. The molecule has 0 bridgehead atoms. The molecule has 0 fully saturated rings. The quantitative estimate of drug-likeness (QED) is 0.0326. The van der Waals surface area contributed by atoms with Crippen molar-refractivity contribution in [1.82, 2.24) is 5.32 Å². The highest BCUT2D eigenvalue weighted by molar-refractivity contribution is 5.77. The lowest BCUT2D eigenvalue weighted by Crippen LogP contribution is -2.46. The second kappa shape index (κ2) is 44.1. The van der Waals surface area contributed by atoms with Gasteiger partial charge in [-0.3, -0.25) is 9.59 Å². The van der Waals surface area contributed by atoms with Crippen molar-refractivity contribution in [2.24, 2.45) is 0 Å². The van der Waals surface area contributed by atoms with Crippen LogP contribution in [0, 0.1) is 0 Å².